The highest BCUT2D eigenvalue weighted by molar-refractivity contribution is 6.07. The molecule has 2 N–H and O–H groups in total. The van der Waals surface area contributed by atoms with Crippen LogP contribution in [0.25, 0.3) is 0 Å². The summed E-state index contributed by atoms with van der Waals surface area (Å²) in [5, 5.41) is 0. The van der Waals surface area contributed by atoms with E-state index in [0.717, 1.165) is 5.56 Å². The van der Waals surface area contributed by atoms with Crippen LogP contribution in [-0.2, 0) is 20.9 Å². The van der Waals surface area contributed by atoms with Crippen LogP contribution in [0.4, 0.5) is 4.79 Å². The van der Waals surface area contributed by atoms with Gasteiger partial charge in [0.2, 0.25) is 11.8 Å². The minimum Gasteiger partial charge on any atom is -0.438 e. The summed E-state index contributed by atoms with van der Waals surface area (Å²) in [4.78, 5) is 38.1. The molecule has 1 aliphatic heterocycles. The number of imide groups is 1. The Morgan fingerprint density at radius 2 is 2.00 bits per heavy atom. The Morgan fingerprint density at radius 1 is 1.26 bits per heavy atom. The fourth-order valence-electron chi connectivity index (χ4n) is 4.21. The third-order valence-electron chi connectivity index (χ3n) is 5.08. The molecule has 2 bridgehead atoms. The van der Waals surface area contributed by atoms with Crippen LogP contribution < -0.4 is 5.73 Å². The van der Waals surface area contributed by atoms with Gasteiger partial charge in [-0.05, 0) is 24.0 Å². The predicted molar refractivity (Wildman–Crippen MR) is 79.6 cm³/mol. The van der Waals surface area contributed by atoms with Gasteiger partial charge in [-0.3, -0.25) is 14.5 Å². The predicted octanol–water partition coefficient (Wildman–Crippen LogP) is 1.21. The van der Waals surface area contributed by atoms with Crippen molar-refractivity contribution < 1.29 is 19.1 Å². The number of carbonyl (C=O) groups is 3. The summed E-state index contributed by atoms with van der Waals surface area (Å²) < 4.78 is 5.27. The lowest BCUT2D eigenvalue weighted by molar-refractivity contribution is -0.142. The summed E-state index contributed by atoms with van der Waals surface area (Å²) in [5.41, 5.74) is 5.00. The Labute approximate surface area is 132 Å². The summed E-state index contributed by atoms with van der Waals surface area (Å²) in [6.07, 6.45) is 3.13. The number of amides is 3. The van der Waals surface area contributed by atoms with E-state index in [1.165, 1.54) is 4.90 Å². The second kappa shape index (κ2) is 4.68. The van der Waals surface area contributed by atoms with Crippen LogP contribution in [0.5, 0.6) is 0 Å². The molecule has 0 spiro atoms. The minimum atomic E-state index is -1.06. The third kappa shape index (κ3) is 1.91. The summed E-state index contributed by atoms with van der Waals surface area (Å²) in [6, 6.07) is 9.36. The van der Waals surface area contributed by atoms with Crippen LogP contribution in [0.1, 0.15) is 12.0 Å². The first-order valence-electron chi connectivity index (χ1n) is 7.59. The fraction of sp³-hybridized carbons (Fsp3) is 0.353. The molecule has 0 aromatic heterocycles. The van der Waals surface area contributed by atoms with Crippen LogP contribution in [0.15, 0.2) is 42.5 Å². The lowest BCUT2D eigenvalue weighted by atomic mass is 9.83. The van der Waals surface area contributed by atoms with Crippen molar-refractivity contribution in [3.63, 3.8) is 0 Å². The van der Waals surface area contributed by atoms with Crippen molar-refractivity contribution in [1.82, 2.24) is 4.90 Å². The first-order valence-corrected chi connectivity index (χ1v) is 7.59. The van der Waals surface area contributed by atoms with E-state index in [1.54, 1.807) is 6.08 Å². The molecule has 2 aliphatic carbocycles. The topological polar surface area (TPSA) is 89.7 Å². The molecule has 118 valence electrons. The number of nitrogens with zero attached hydrogens (tertiary/aromatic N) is 1. The monoisotopic (exact) mass is 312 g/mol. The van der Waals surface area contributed by atoms with E-state index in [2.05, 4.69) is 0 Å². The first-order chi connectivity index (χ1) is 11.0. The van der Waals surface area contributed by atoms with Crippen molar-refractivity contribution in [2.24, 2.45) is 23.5 Å². The zero-order valence-corrected chi connectivity index (χ0v) is 12.3. The molecule has 4 atom stereocenters. The fourth-order valence-corrected chi connectivity index (χ4v) is 4.21. The Balaban J connectivity index is 1.65. The molecular weight excluding hydrogens is 296 g/mol. The maximum absolute atomic E-state index is 12.8. The number of rotatable bonds is 3. The number of fused-ring (bicyclic) bond motifs is 5. The van der Waals surface area contributed by atoms with Crippen LogP contribution >= 0.6 is 0 Å². The molecule has 23 heavy (non-hydrogen) atoms. The molecule has 6 heteroatoms. The molecule has 1 heterocycles. The number of ether oxygens (including phenoxy) is 1. The number of carbonyl (C=O) groups excluding carboxylic acids is 3. The first kappa shape index (κ1) is 14.0. The largest absolute Gasteiger partial charge is 0.438 e. The Kier molecular flexibility index (Phi) is 2.85. The summed E-state index contributed by atoms with van der Waals surface area (Å²) in [7, 11) is 0. The van der Waals surface area contributed by atoms with Crippen molar-refractivity contribution in [1.29, 1.82) is 0 Å². The molecule has 3 aliphatic rings. The van der Waals surface area contributed by atoms with Gasteiger partial charge in [-0.25, -0.2) is 4.79 Å². The highest BCUT2D eigenvalue weighted by Crippen LogP contribution is 2.56. The molecule has 4 rings (SSSR count). The second-order valence-corrected chi connectivity index (χ2v) is 6.35. The van der Waals surface area contributed by atoms with Gasteiger partial charge in [-0.1, -0.05) is 36.4 Å². The van der Waals surface area contributed by atoms with Crippen molar-refractivity contribution in [2.75, 3.05) is 0 Å². The van der Waals surface area contributed by atoms with Crippen LogP contribution in [-0.4, -0.2) is 28.4 Å². The van der Waals surface area contributed by atoms with Crippen LogP contribution in [0, 0.1) is 17.8 Å². The average Bonchev–Trinajstić information content (AvgIpc) is 3.13. The second-order valence-electron chi connectivity index (χ2n) is 6.35. The molecule has 1 aromatic carbocycles. The third-order valence-corrected chi connectivity index (χ3v) is 5.08. The molecule has 2 fully saturated rings. The molecule has 3 amide bonds. The van der Waals surface area contributed by atoms with Gasteiger partial charge >= 0.3 is 6.09 Å². The van der Waals surface area contributed by atoms with Gasteiger partial charge in [0.15, 0.2) is 0 Å². The molecule has 6 nitrogen and oxygen atoms in total. The van der Waals surface area contributed by atoms with Crippen LogP contribution in [0.3, 0.4) is 0 Å². The van der Waals surface area contributed by atoms with E-state index >= 15 is 0 Å². The average molecular weight is 312 g/mol. The number of allylic oxidation sites excluding steroid dienone is 1. The summed E-state index contributed by atoms with van der Waals surface area (Å²) in [5.74, 6) is -1.64. The van der Waals surface area contributed by atoms with Crippen molar-refractivity contribution >= 4 is 17.9 Å². The maximum Gasteiger partial charge on any atom is 0.405 e. The van der Waals surface area contributed by atoms with E-state index in [-0.39, 0.29) is 24.3 Å². The Hall–Kier alpha value is -2.63. The number of hydrogen-bond donors (Lipinski definition) is 1. The van der Waals surface area contributed by atoms with E-state index in [1.807, 2.05) is 36.4 Å². The molecule has 4 unspecified atom stereocenters. The maximum atomic E-state index is 12.8. The zero-order chi connectivity index (χ0) is 16.2. The minimum absolute atomic E-state index is 0.0726. The smallest absolute Gasteiger partial charge is 0.405 e. The lowest BCUT2D eigenvalue weighted by Crippen LogP contribution is -2.44. The quantitative estimate of drug-likeness (QED) is 0.671. The van der Waals surface area contributed by atoms with Gasteiger partial charge in [-0.2, -0.15) is 0 Å². The Bertz CT molecular complexity index is 729. The highest BCUT2D eigenvalue weighted by Gasteiger charge is 2.68. The van der Waals surface area contributed by atoms with Crippen molar-refractivity contribution in [3.8, 4) is 0 Å². The summed E-state index contributed by atoms with van der Waals surface area (Å²) in [6.45, 7) is 0.241. The van der Waals surface area contributed by atoms with E-state index in [0.29, 0.717) is 6.42 Å². The van der Waals surface area contributed by atoms with Gasteiger partial charge in [0.25, 0.3) is 0 Å². The standard InChI is InChI=1S/C17H16N2O4/c18-16(22)23-17-7-6-11(8-17)12-13(17)15(21)19(14(12)20)9-10-4-2-1-3-5-10/h1-7,11-13H,8-9H2,(H2,18,22). The van der Waals surface area contributed by atoms with Gasteiger partial charge in [0.05, 0.1) is 18.4 Å². The molecular formula is C17H16N2O4. The van der Waals surface area contributed by atoms with Crippen molar-refractivity contribution in [3.05, 3.63) is 48.0 Å². The molecule has 1 aromatic rings. The van der Waals surface area contributed by atoms with E-state index < -0.39 is 23.5 Å². The molecule has 0 radical (unpaired) electrons. The highest BCUT2D eigenvalue weighted by atomic mass is 16.6. The number of hydrogen-bond acceptors (Lipinski definition) is 4. The van der Waals surface area contributed by atoms with Gasteiger partial charge < -0.3 is 10.5 Å². The van der Waals surface area contributed by atoms with Gasteiger partial charge in [0.1, 0.15) is 5.60 Å². The zero-order valence-electron chi connectivity index (χ0n) is 12.3. The van der Waals surface area contributed by atoms with E-state index in [4.69, 9.17) is 10.5 Å². The number of benzene rings is 1. The number of nitrogens with two attached hydrogens (primary N) is 1. The molecule has 1 saturated heterocycles. The Morgan fingerprint density at radius 3 is 2.70 bits per heavy atom. The van der Waals surface area contributed by atoms with Crippen molar-refractivity contribution in [2.45, 2.75) is 18.6 Å². The summed E-state index contributed by atoms with van der Waals surface area (Å²) >= 11 is 0. The van der Waals surface area contributed by atoms with E-state index in [9.17, 15) is 14.4 Å². The van der Waals surface area contributed by atoms with Gasteiger partial charge in [0, 0.05) is 0 Å². The number of primary amides is 1. The van der Waals surface area contributed by atoms with Crippen LogP contribution in [0.2, 0.25) is 0 Å². The lowest BCUT2D eigenvalue weighted by Gasteiger charge is -2.29. The SMILES string of the molecule is NC(=O)OC12C=CC(C1)C1C(=O)N(Cc3ccccc3)C(=O)C12. The number of likely N-dealkylation sites (tertiary alicyclic amines) is 1. The normalized spacial score (nSPS) is 34.1. The molecule has 1 saturated carbocycles. The van der Waals surface area contributed by atoms with Gasteiger partial charge in [-0.15, -0.1) is 0 Å².